The molecule has 0 aliphatic heterocycles. The Morgan fingerprint density at radius 2 is 1.38 bits per heavy atom. The maximum Gasteiger partial charge on any atom is 0.389 e. The van der Waals surface area contributed by atoms with Crippen molar-refractivity contribution in [2.75, 3.05) is 13.3 Å². The van der Waals surface area contributed by atoms with Crippen LogP contribution < -0.4 is 0 Å². The van der Waals surface area contributed by atoms with Gasteiger partial charge in [0.15, 0.2) is 0 Å². The Bertz CT molecular complexity index is 107. The molecule has 4 heteroatoms. The average molecular weight is 152 g/mol. The summed E-state index contributed by atoms with van der Waals surface area (Å²) in [5.41, 5.74) is 0. The molecule has 0 saturated heterocycles. The van der Waals surface area contributed by atoms with Crippen LogP contribution in [-0.2, 0) is 9.13 Å². The molecule has 0 aromatic heterocycles. The van der Waals surface area contributed by atoms with Gasteiger partial charge in [-0.05, 0) is 0 Å². The van der Waals surface area contributed by atoms with E-state index < -0.39 is 15.6 Å². The van der Waals surface area contributed by atoms with Gasteiger partial charge in [0.2, 0.25) is 0 Å². The maximum atomic E-state index is 10.5. The average Bonchev–Trinajstić information content (AvgIpc) is 1.64. The third-order valence-electron chi connectivity index (χ3n) is 1.05. The second-order valence-corrected chi connectivity index (χ2v) is 5.87. The van der Waals surface area contributed by atoms with Crippen molar-refractivity contribution in [1.29, 1.82) is 0 Å². The van der Waals surface area contributed by atoms with E-state index in [0.29, 0.717) is 0 Å². The maximum absolute atomic E-state index is 10.5. The van der Waals surface area contributed by atoms with E-state index in [1.165, 1.54) is 0 Å². The molecule has 0 aliphatic rings. The minimum Gasteiger partial charge on any atom is -0.0698 e. The third-order valence-corrected chi connectivity index (χ3v) is 5.11. The molecule has 46 valence electrons. The summed E-state index contributed by atoms with van der Waals surface area (Å²) < 4.78 is 21.1. The minimum absolute atomic E-state index is 0.111. The number of hydrogen-bond donors (Lipinski definition) is 0. The molecule has 0 rings (SSSR count). The van der Waals surface area contributed by atoms with Gasteiger partial charge in [0, 0.05) is 6.92 Å². The van der Waals surface area contributed by atoms with Gasteiger partial charge in [-0.3, -0.25) is 0 Å². The van der Waals surface area contributed by atoms with Crippen molar-refractivity contribution >= 4 is 15.6 Å². The highest BCUT2D eigenvalue weighted by Gasteiger charge is 2.34. The second kappa shape index (κ2) is 3.27. The number of rotatable bonds is 2. The Labute approximate surface area is 51.2 Å². The minimum atomic E-state index is -1.23. The van der Waals surface area contributed by atoms with Crippen LogP contribution in [0.15, 0.2) is 0 Å². The van der Waals surface area contributed by atoms with Crippen molar-refractivity contribution in [2.45, 2.75) is 12.3 Å². The van der Waals surface area contributed by atoms with E-state index in [1.54, 1.807) is 20.3 Å². The van der Waals surface area contributed by atoms with Crippen LogP contribution in [0.4, 0.5) is 0 Å². The smallest absolute Gasteiger partial charge is 0.0698 e. The molecule has 0 amide bonds. The van der Waals surface area contributed by atoms with Crippen LogP contribution in [0, 0.1) is 0 Å². The topological polar surface area (TPSA) is 34.1 Å². The Hall–Kier alpha value is 0.200. The summed E-state index contributed by atoms with van der Waals surface area (Å²) in [7, 11) is -2.47. The van der Waals surface area contributed by atoms with Crippen LogP contribution in [0.3, 0.4) is 0 Å². The molecule has 0 bridgehead atoms. The summed E-state index contributed by atoms with van der Waals surface area (Å²) in [6.07, 6.45) is 0. The molecule has 0 N–H and O–H groups in total. The van der Waals surface area contributed by atoms with Gasteiger partial charge in [-0.1, -0.05) is 9.13 Å². The summed E-state index contributed by atoms with van der Waals surface area (Å²) in [6, 6.07) is 0. The monoisotopic (exact) mass is 152 g/mol. The van der Waals surface area contributed by atoms with Gasteiger partial charge >= 0.3 is 21.0 Å². The van der Waals surface area contributed by atoms with Crippen molar-refractivity contribution in [3.8, 4) is 0 Å². The molecule has 2 unspecified atom stereocenters. The first kappa shape index (κ1) is 8.20. The van der Waals surface area contributed by atoms with Crippen LogP contribution in [0.25, 0.3) is 0 Å². The van der Waals surface area contributed by atoms with E-state index in [4.69, 9.17) is 0 Å². The molecular formula is C4H10O2P2+2. The first-order valence-electron chi connectivity index (χ1n) is 2.35. The summed E-state index contributed by atoms with van der Waals surface area (Å²) in [4.78, 5) is 0. The lowest BCUT2D eigenvalue weighted by atomic mass is 11.0. The van der Waals surface area contributed by atoms with Gasteiger partial charge < -0.3 is 0 Å². The first-order chi connectivity index (χ1) is 3.55. The zero-order chi connectivity index (χ0) is 6.73. The molecule has 0 saturated carbocycles. The zero-order valence-corrected chi connectivity index (χ0v) is 7.08. The molecule has 0 spiro atoms. The van der Waals surface area contributed by atoms with Gasteiger partial charge in [0.05, 0.1) is 0 Å². The van der Waals surface area contributed by atoms with E-state index in [9.17, 15) is 9.13 Å². The highest BCUT2D eigenvalue weighted by Crippen LogP contribution is 2.39. The Morgan fingerprint density at radius 3 is 1.38 bits per heavy atom. The van der Waals surface area contributed by atoms with Crippen molar-refractivity contribution in [3.05, 3.63) is 0 Å². The van der Waals surface area contributed by atoms with Crippen molar-refractivity contribution in [3.63, 3.8) is 0 Å². The van der Waals surface area contributed by atoms with Gasteiger partial charge in [0.25, 0.3) is 0 Å². The number of hydrogen-bond acceptors (Lipinski definition) is 2. The molecule has 2 atom stereocenters. The van der Waals surface area contributed by atoms with Crippen molar-refractivity contribution in [2.24, 2.45) is 0 Å². The van der Waals surface area contributed by atoms with Crippen LogP contribution in [-0.4, -0.2) is 18.7 Å². The lowest BCUT2D eigenvalue weighted by Gasteiger charge is -1.75. The Morgan fingerprint density at radius 1 is 1.12 bits per heavy atom. The third kappa shape index (κ3) is 2.49. The Kier molecular flexibility index (Phi) is 3.35. The normalized spacial score (nSPS) is 17.4. The standard InChI is InChI=1S/C4H10O2P2/c1-4(7(2)5)8(3)6/h4H,1-3H3/q+2. The summed E-state index contributed by atoms with van der Waals surface area (Å²) in [5.74, 6) is 0. The molecule has 0 aromatic carbocycles. The van der Waals surface area contributed by atoms with Gasteiger partial charge in [-0.25, -0.2) is 0 Å². The van der Waals surface area contributed by atoms with Crippen molar-refractivity contribution in [1.82, 2.24) is 0 Å². The quantitative estimate of drug-likeness (QED) is 0.568. The van der Waals surface area contributed by atoms with Crippen LogP contribution in [0.5, 0.6) is 0 Å². The lowest BCUT2D eigenvalue weighted by Crippen LogP contribution is -1.83. The first-order valence-corrected chi connectivity index (χ1v) is 5.91. The van der Waals surface area contributed by atoms with E-state index >= 15 is 0 Å². The fourth-order valence-corrected chi connectivity index (χ4v) is 2.06. The molecule has 0 fully saturated rings. The fourth-order valence-electron chi connectivity index (χ4n) is 0.229. The highest BCUT2D eigenvalue weighted by molar-refractivity contribution is 7.63. The van der Waals surface area contributed by atoms with E-state index in [2.05, 4.69) is 0 Å². The second-order valence-electron chi connectivity index (χ2n) is 1.72. The lowest BCUT2D eigenvalue weighted by molar-refractivity contribution is 0.580. The van der Waals surface area contributed by atoms with Crippen LogP contribution in [0.1, 0.15) is 6.92 Å². The molecular weight excluding hydrogens is 142 g/mol. The predicted molar refractivity (Wildman–Crippen MR) is 36.5 cm³/mol. The Balaban J connectivity index is 3.83. The summed E-state index contributed by atoms with van der Waals surface area (Å²) in [5, 5.41) is -0.111. The summed E-state index contributed by atoms with van der Waals surface area (Å²) in [6.45, 7) is 4.96. The largest absolute Gasteiger partial charge is 0.389 e. The molecule has 0 radical (unpaired) electrons. The van der Waals surface area contributed by atoms with Gasteiger partial charge in [-0.15, -0.1) is 0 Å². The molecule has 8 heavy (non-hydrogen) atoms. The SMILES string of the molecule is CC([P+](C)=O)[P+](C)=O. The molecule has 2 nitrogen and oxygen atoms in total. The molecule has 0 heterocycles. The van der Waals surface area contributed by atoms with E-state index in [0.717, 1.165) is 0 Å². The molecule has 0 aliphatic carbocycles. The van der Waals surface area contributed by atoms with E-state index in [-0.39, 0.29) is 5.40 Å². The molecule has 0 aromatic rings. The van der Waals surface area contributed by atoms with Crippen LogP contribution in [0.2, 0.25) is 0 Å². The van der Waals surface area contributed by atoms with Gasteiger partial charge in [0.1, 0.15) is 13.3 Å². The fraction of sp³-hybridized carbons (Fsp3) is 1.00. The highest BCUT2D eigenvalue weighted by atomic mass is 31.2. The van der Waals surface area contributed by atoms with Crippen molar-refractivity contribution < 1.29 is 9.13 Å². The predicted octanol–water partition coefficient (Wildman–Crippen LogP) is 2.25. The summed E-state index contributed by atoms with van der Waals surface area (Å²) >= 11 is 0. The van der Waals surface area contributed by atoms with Gasteiger partial charge in [-0.2, -0.15) is 0 Å². The zero-order valence-electron chi connectivity index (χ0n) is 5.29. The van der Waals surface area contributed by atoms with Crippen LogP contribution >= 0.6 is 15.6 Å². The van der Waals surface area contributed by atoms with E-state index in [1.807, 2.05) is 0 Å².